The van der Waals surface area contributed by atoms with E-state index in [1.165, 1.54) is 5.56 Å². The highest BCUT2D eigenvalue weighted by atomic mass is 16.2. The number of benzene rings is 3. The Morgan fingerprint density at radius 1 is 0.818 bits per heavy atom. The molecule has 1 atom stereocenters. The summed E-state index contributed by atoms with van der Waals surface area (Å²) in [4.78, 5) is 28.6. The molecule has 0 aromatic heterocycles. The highest BCUT2D eigenvalue weighted by molar-refractivity contribution is 5.88. The molecule has 0 heterocycles. The average Bonchev–Trinajstić information content (AvgIpc) is 2.80. The zero-order valence-corrected chi connectivity index (χ0v) is 20.1. The number of hydrogen-bond acceptors (Lipinski definition) is 2. The zero-order chi connectivity index (χ0) is 23.8. The molecule has 2 amide bonds. The fourth-order valence-electron chi connectivity index (χ4n) is 3.93. The predicted octanol–water partition coefficient (Wildman–Crippen LogP) is 4.93. The molecule has 0 bridgehead atoms. The molecule has 0 aliphatic carbocycles. The Kier molecular flexibility index (Phi) is 8.42. The monoisotopic (exact) mass is 442 g/mol. The summed E-state index contributed by atoms with van der Waals surface area (Å²) in [5.74, 6) is -0.173. The van der Waals surface area contributed by atoms with Gasteiger partial charge >= 0.3 is 0 Å². The number of aryl methyl sites for hydroxylation is 3. The molecule has 1 N–H and O–H groups in total. The molecule has 4 heteroatoms. The van der Waals surface area contributed by atoms with Crippen molar-refractivity contribution in [1.82, 2.24) is 10.2 Å². The van der Waals surface area contributed by atoms with Crippen LogP contribution in [-0.2, 0) is 29.0 Å². The van der Waals surface area contributed by atoms with Crippen LogP contribution in [0.1, 0.15) is 40.3 Å². The normalized spacial score (nSPS) is 11.6. The van der Waals surface area contributed by atoms with E-state index in [4.69, 9.17) is 0 Å². The minimum absolute atomic E-state index is 0.0500. The highest BCUT2D eigenvalue weighted by Gasteiger charge is 2.30. The van der Waals surface area contributed by atoms with Crippen LogP contribution in [0.5, 0.6) is 0 Å². The van der Waals surface area contributed by atoms with Crippen molar-refractivity contribution in [3.05, 3.63) is 106 Å². The zero-order valence-electron chi connectivity index (χ0n) is 20.1. The molecule has 33 heavy (non-hydrogen) atoms. The van der Waals surface area contributed by atoms with Crippen LogP contribution in [0.2, 0.25) is 0 Å². The van der Waals surface area contributed by atoms with Crippen LogP contribution in [0.3, 0.4) is 0 Å². The molecule has 0 aliphatic rings. The first-order valence-corrected chi connectivity index (χ1v) is 11.6. The summed E-state index contributed by atoms with van der Waals surface area (Å²) in [5.41, 5.74) is 6.53. The van der Waals surface area contributed by atoms with Gasteiger partial charge in [0, 0.05) is 19.5 Å². The first-order valence-electron chi connectivity index (χ1n) is 11.6. The molecule has 0 fully saturated rings. The summed E-state index contributed by atoms with van der Waals surface area (Å²) in [6.45, 7) is 8.97. The Labute approximate surface area is 197 Å². The Hall–Kier alpha value is -3.40. The van der Waals surface area contributed by atoms with Crippen molar-refractivity contribution in [2.75, 3.05) is 6.54 Å². The van der Waals surface area contributed by atoms with Gasteiger partial charge in [-0.05, 0) is 55.5 Å². The third-order valence-corrected chi connectivity index (χ3v) is 6.02. The summed E-state index contributed by atoms with van der Waals surface area (Å²) >= 11 is 0. The molecular weight excluding hydrogens is 408 g/mol. The van der Waals surface area contributed by atoms with Crippen molar-refractivity contribution in [2.45, 2.75) is 53.1 Å². The topological polar surface area (TPSA) is 49.4 Å². The lowest BCUT2D eigenvalue weighted by Crippen LogP contribution is -2.50. The van der Waals surface area contributed by atoms with Crippen molar-refractivity contribution < 1.29 is 9.59 Å². The maximum Gasteiger partial charge on any atom is 0.243 e. The van der Waals surface area contributed by atoms with Crippen molar-refractivity contribution in [1.29, 1.82) is 0 Å². The minimum Gasteiger partial charge on any atom is -0.355 e. The van der Waals surface area contributed by atoms with Crippen LogP contribution >= 0.6 is 0 Å². The molecule has 0 spiro atoms. The Bertz CT molecular complexity index is 1070. The Morgan fingerprint density at radius 3 is 2.12 bits per heavy atom. The van der Waals surface area contributed by atoms with Crippen LogP contribution < -0.4 is 5.32 Å². The van der Waals surface area contributed by atoms with E-state index in [1.54, 1.807) is 4.90 Å². The standard InChI is InChI=1S/C29H34N2O2/c1-5-30-29(33)27(18-24-9-7-6-8-10-24)31(20-25-14-11-21(2)12-15-25)28(32)19-26-16-13-22(3)23(4)17-26/h6-17,27H,5,18-20H2,1-4H3,(H,30,33)/t27-/m0/s1. The second-order valence-electron chi connectivity index (χ2n) is 8.70. The van der Waals surface area contributed by atoms with Crippen molar-refractivity contribution in [2.24, 2.45) is 0 Å². The van der Waals surface area contributed by atoms with Crippen molar-refractivity contribution in [3.8, 4) is 0 Å². The number of carbonyl (C=O) groups excluding carboxylic acids is 2. The first-order chi connectivity index (χ1) is 15.9. The summed E-state index contributed by atoms with van der Waals surface area (Å²) in [5, 5.41) is 2.94. The highest BCUT2D eigenvalue weighted by Crippen LogP contribution is 2.18. The van der Waals surface area contributed by atoms with Crippen molar-refractivity contribution in [3.63, 3.8) is 0 Å². The molecule has 0 saturated carbocycles. The smallest absolute Gasteiger partial charge is 0.243 e. The molecule has 172 valence electrons. The minimum atomic E-state index is -0.590. The molecule has 0 saturated heterocycles. The van der Waals surface area contributed by atoms with Crippen LogP contribution in [-0.4, -0.2) is 29.3 Å². The molecule has 0 unspecified atom stereocenters. The molecular formula is C29H34N2O2. The van der Waals surface area contributed by atoms with E-state index in [0.29, 0.717) is 19.5 Å². The van der Waals surface area contributed by atoms with Crippen LogP contribution in [0.15, 0.2) is 72.8 Å². The lowest BCUT2D eigenvalue weighted by Gasteiger charge is -2.31. The summed E-state index contributed by atoms with van der Waals surface area (Å²) < 4.78 is 0. The SMILES string of the molecule is CCNC(=O)[C@H](Cc1ccccc1)N(Cc1ccc(C)cc1)C(=O)Cc1ccc(C)c(C)c1. The van der Waals surface area contributed by atoms with E-state index in [2.05, 4.69) is 25.2 Å². The molecule has 0 aliphatic heterocycles. The maximum atomic E-state index is 13.7. The van der Waals surface area contributed by atoms with Crippen molar-refractivity contribution >= 4 is 11.8 Å². The van der Waals surface area contributed by atoms with Crippen LogP contribution in [0.25, 0.3) is 0 Å². The van der Waals surface area contributed by atoms with Gasteiger partial charge in [-0.25, -0.2) is 0 Å². The van der Waals surface area contributed by atoms with Gasteiger partial charge in [-0.1, -0.05) is 78.4 Å². The number of nitrogens with one attached hydrogen (secondary N) is 1. The van der Waals surface area contributed by atoms with Gasteiger partial charge in [-0.2, -0.15) is 0 Å². The number of nitrogens with zero attached hydrogens (tertiary/aromatic N) is 1. The predicted molar refractivity (Wildman–Crippen MR) is 134 cm³/mol. The summed E-state index contributed by atoms with van der Waals surface area (Å²) in [7, 11) is 0. The number of carbonyl (C=O) groups is 2. The maximum absolute atomic E-state index is 13.7. The third-order valence-electron chi connectivity index (χ3n) is 6.02. The third kappa shape index (κ3) is 6.79. The first kappa shape index (κ1) is 24.2. The van der Waals surface area contributed by atoms with Gasteiger partial charge in [-0.15, -0.1) is 0 Å². The lowest BCUT2D eigenvalue weighted by molar-refractivity contribution is -0.140. The second-order valence-corrected chi connectivity index (χ2v) is 8.70. The van der Waals surface area contributed by atoms with E-state index in [0.717, 1.165) is 27.8 Å². The molecule has 3 aromatic rings. The van der Waals surface area contributed by atoms with Gasteiger partial charge in [0.1, 0.15) is 6.04 Å². The van der Waals surface area contributed by atoms with E-state index >= 15 is 0 Å². The molecule has 3 rings (SSSR count). The van der Waals surface area contributed by atoms with E-state index < -0.39 is 6.04 Å². The summed E-state index contributed by atoms with van der Waals surface area (Å²) in [6, 6.07) is 23.6. The van der Waals surface area contributed by atoms with Crippen LogP contribution in [0, 0.1) is 20.8 Å². The molecule has 0 radical (unpaired) electrons. The van der Waals surface area contributed by atoms with E-state index in [-0.39, 0.29) is 18.2 Å². The number of likely N-dealkylation sites (N-methyl/N-ethyl adjacent to an activating group) is 1. The van der Waals surface area contributed by atoms with E-state index in [9.17, 15) is 9.59 Å². The lowest BCUT2D eigenvalue weighted by atomic mass is 10.00. The van der Waals surface area contributed by atoms with Gasteiger partial charge in [0.25, 0.3) is 0 Å². The molecule has 3 aromatic carbocycles. The van der Waals surface area contributed by atoms with E-state index in [1.807, 2.05) is 80.6 Å². The van der Waals surface area contributed by atoms with Gasteiger partial charge in [0.15, 0.2) is 0 Å². The fourth-order valence-corrected chi connectivity index (χ4v) is 3.93. The number of rotatable bonds is 9. The Balaban J connectivity index is 1.95. The van der Waals surface area contributed by atoms with Crippen LogP contribution in [0.4, 0.5) is 0 Å². The fraction of sp³-hybridized carbons (Fsp3) is 0.310. The van der Waals surface area contributed by atoms with Gasteiger partial charge < -0.3 is 10.2 Å². The van der Waals surface area contributed by atoms with Gasteiger partial charge in [0.05, 0.1) is 6.42 Å². The van der Waals surface area contributed by atoms with Gasteiger partial charge in [-0.3, -0.25) is 9.59 Å². The Morgan fingerprint density at radius 2 is 1.48 bits per heavy atom. The number of amides is 2. The average molecular weight is 443 g/mol. The van der Waals surface area contributed by atoms with Gasteiger partial charge in [0.2, 0.25) is 11.8 Å². The largest absolute Gasteiger partial charge is 0.355 e. The second kappa shape index (κ2) is 11.5. The molecule has 4 nitrogen and oxygen atoms in total. The number of hydrogen-bond donors (Lipinski definition) is 1. The summed E-state index contributed by atoms with van der Waals surface area (Å²) in [6.07, 6.45) is 0.731. The quantitative estimate of drug-likeness (QED) is 0.511.